The number of aliphatic hydroxyl groups excluding tert-OH is 1. The largest absolute Gasteiger partial charge is 0.390 e. The Morgan fingerprint density at radius 2 is 1.83 bits per heavy atom. The van der Waals surface area contributed by atoms with Crippen molar-refractivity contribution in [2.75, 3.05) is 32.7 Å². The van der Waals surface area contributed by atoms with Gasteiger partial charge in [0.25, 0.3) is 0 Å². The highest BCUT2D eigenvalue weighted by molar-refractivity contribution is 5.19. The van der Waals surface area contributed by atoms with Crippen LogP contribution in [0, 0.1) is 11.6 Å². The lowest BCUT2D eigenvalue weighted by molar-refractivity contribution is -0.0780. The van der Waals surface area contributed by atoms with E-state index in [1.54, 1.807) is 0 Å². The SMILES string of the molecule is CCN(Cc1c(F)cccc1F)CC(O)CN1CC(C)OC(C)C1. The van der Waals surface area contributed by atoms with Crippen molar-refractivity contribution in [1.29, 1.82) is 0 Å². The van der Waals surface area contributed by atoms with Crippen LogP contribution in [0.5, 0.6) is 0 Å². The number of aliphatic hydroxyl groups is 1. The maximum absolute atomic E-state index is 13.8. The zero-order chi connectivity index (χ0) is 17.7. The van der Waals surface area contributed by atoms with Crippen LogP contribution >= 0.6 is 0 Å². The van der Waals surface area contributed by atoms with Gasteiger partial charge in [0, 0.05) is 38.3 Å². The summed E-state index contributed by atoms with van der Waals surface area (Å²) in [6.07, 6.45) is -0.274. The van der Waals surface area contributed by atoms with Crippen molar-refractivity contribution in [2.45, 2.75) is 45.6 Å². The first-order chi connectivity index (χ1) is 11.4. The summed E-state index contributed by atoms with van der Waals surface area (Å²) in [6.45, 7) is 9.22. The van der Waals surface area contributed by atoms with Crippen LogP contribution in [0.1, 0.15) is 26.3 Å². The highest BCUT2D eigenvalue weighted by Crippen LogP contribution is 2.16. The molecule has 136 valence electrons. The third-order valence-electron chi connectivity index (χ3n) is 4.32. The number of halogens is 2. The normalized spacial score (nSPS) is 23.6. The number of benzene rings is 1. The van der Waals surface area contributed by atoms with Gasteiger partial charge in [-0.2, -0.15) is 0 Å². The highest BCUT2D eigenvalue weighted by atomic mass is 19.1. The van der Waals surface area contributed by atoms with Crippen LogP contribution in [-0.4, -0.2) is 65.9 Å². The van der Waals surface area contributed by atoms with Gasteiger partial charge in [-0.1, -0.05) is 13.0 Å². The monoisotopic (exact) mass is 342 g/mol. The topological polar surface area (TPSA) is 35.9 Å². The van der Waals surface area contributed by atoms with E-state index in [0.717, 1.165) is 13.1 Å². The van der Waals surface area contributed by atoms with Crippen molar-refractivity contribution in [1.82, 2.24) is 9.80 Å². The minimum Gasteiger partial charge on any atom is -0.390 e. The van der Waals surface area contributed by atoms with Crippen LogP contribution in [-0.2, 0) is 11.3 Å². The molecule has 0 radical (unpaired) electrons. The van der Waals surface area contributed by atoms with E-state index in [9.17, 15) is 13.9 Å². The number of hydrogen-bond donors (Lipinski definition) is 1. The maximum atomic E-state index is 13.8. The first kappa shape index (κ1) is 19.2. The fourth-order valence-corrected chi connectivity index (χ4v) is 3.30. The smallest absolute Gasteiger partial charge is 0.130 e. The molecule has 0 saturated carbocycles. The Labute approximate surface area is 143 Å². The predicted octanol–water partition coefficient (Wildman–Crippen LogP) is 2.26. The summed E-state index contributed by atoms with van der Waals surface area (Å²) in [5, 5.41) is 10.4. The summed E-state index contributed by atoms with van der Waals surface area (Å²) in [7, 11) is 0. The lowest BCUT2D eigenvalue weighted by Crippen LogP contribution is -2.49. The zero-order valence-electron chi connectivity index (χ0n) is 14.7. The molecular weight excluding hydrogens is 314 g/mol. The van der Waals surface area contributed by atoms with Crippen molar-refractivity contribution in [3.05, 3.63) is 35.4 Å². The standard InChI is InChI=1S/C18H28F2N2O2/c1-4-21(12-16-17(19)6-5-7-18(16)20)10-15(23)11-22-8-13(2)24-14(3)9-22/h5-7,13-15,23H,4,8-12H2,1-3H3. The summed E-state index contributed by atoms with van der Waals surface area (Å²) < 4.78 is 33.3. The Balaban J connectivity index is 1.90. The number of ether oxygens (including phenoxy) is 1. The molecule has 0 aromatic heterocycles. The van der Waals surface area contributed by atoms with Crippen LogP contribution in [0.15, 0.2) is 18.2 Å². The van der Waals surface area contributed by atoms with Crippen molar-refractivity contribution in [3.8, 4) is 0 Å². The van der Waals surface area contributed by atoms with E-state index < -0.39 is 17.7 Å². The summed E-state index contributed by atoms with van der Waals surface area (Å²) in [6, 6.07) is 3.89. The van der Waals surface area contributed by atoms with Crippen LogP contribution in [0.25, 0.3) is 0 Å². The van der Waals surface area contributed by atoms with E-state index in [-0.39, 0.29) is 24.3 Å². The molecule has 1 aliphatic heterocycles. The van der Waals surface area contributed by atoms with E-state index in [0.29, 0.717) is 19.6 Å². The Morgan fingerprint density at radius 1 is 1.25 bits per heavy atom. The number of β-amino-alcohol motifs (C(OH)–C–C–N with tert-alkyl or cyclic N) is 1. The summed E-state index contributed by atoms with van der Waals surface area (Å²) in [5.41, 5.74) is 0.0557. The third kappa shape index (κ3) is 5.48. The van der Waals surface area contributed by atoms with Gasteiger partial charge in [0.1, 0.15) is 11.6 Å². The number of likely N-dealkylation sites (N-methyl/N-ethyl adjacent to an activating group) is 1. The molecule has 3 unspecified atom stereocenters. The molecule has 6 heteroatoms. The lowest BCUT2D eigenvalue weighted by Gasteiger charge is -2.37. The van der Waals surface area contributed by atoms with Gasteiger partial charge in [-0.25, -0.2) is 8.78 Å². The van der Waals surface area contributed by atoms with Gasteiger partial charge in [0.05, 0.1) is 18.3 Å². The molecule has 2 rings (SSSR count). The first-order valence-electron chi connectivity index (χ1n) is 8.60. The third-order valence-corrected chi connectivity index (χ3v) is 4.32. The minimum absolute atomic E-state index is 0.0557. The van der Waals surface area contributed by atoms with E-state index in [1.807, 2.05) is 25.7 Å². The molecule has 1 aliphatic rings. The molecule has 1 fully saturated rings. The van der Waals surface area contributed by atoms with Gasteiger partial charge in [-0.3, -0.25) is 9.80 Å². The fourth-order valence-electron chi connectivity index (χ4n) is 3.30. The van der Waals surface area contributed by atoms with Crippen molar-refractivity contribution in [3.63, 3.8) is 0 Å². The molecule has 1 saturated heterocycles. The molecule has 0 aliphatic carbocycles. The molecule has 0 amide bonds. The van der Waals surface area contributed by atoms with Gasteiger partial charge in [-0.15, -0.1) is 0 Å². The Hall–Kier alpha value is -1.08. The Bertz CT molecular complexity index is 499. The van der Waals surface area contributed by atoms with Crippen LogP contribution in [0.2, 0.25) is 0 Å². The lowest BCUT2D eigenvalue weighted by atomic mass is 10.1. The van der Waals surface area contributed by atoms with Crippen LogP contribution in [0.3, 0.4) is 0 Å². The minimum atomic E-state index is -0.572. The van der Waals surface area contributed by atoms with Gasteiger partial charge in [0.15, 0.2) is 0 Å². The molecule has 0 spiro atoms. The molecule has 1 aromatic rings. The van der Waals surface area contributed by atoms with E-state index in [1.165, 1.54) is 18.2 Å². The molecule has 0 bridgehead atoms. The van der Waals surface area contributed by atoms with E-state index in [2.05, 4.69) is 4.90 Å². The summed E-state index contributed by atoms with van der Waals surface area (Å²) in [4.78, 5) is 4.04. The second-order valence-electron chi connectivity index (χ2n) is 6.66. The van der Waals surface area contributed by atoms with Gasteiger partial charge in [-0.05, 0) is 32.5 Å². The molecule has 3 atom stereocenters. The summed E-state index contributed by atoms with van der Waals surface area (Å²) in [5.74, 6) is -1.09. The van der Waals surface area contributed by atoms with Crippen molar-refractivity contribution >= 4 is 0 Å². The molecule has 4 nitrogen and oxygen atoms in total. The highest BCUT2D eigenvalue weighted by Gasteiger charge is 2.24. The quantitative estimate of drug-likeness (QED) is 0.825. The second kappa shape index (κ2) is 8.85. The van der Waals surface area contributed by atoms with Gasteiger partial charge >= 0.3 is 0 Å². The van der Waals surface area contributed by atoms with Gasteiger partial charge < -0.3 is 9.84 Å². The Morgan fingerprint density at radius 3 is 2.38 bits per heavy atom. The molecule has 24 heavy (non-hydrogen) atoms. The van der Waals surface area contributed by atoms with Crippen LogP contribution in [0.4, 0.5) is 8.78 Å². The number of nitrogens with zero attached hydrogens (tertiary/aromatic N) is 2. The molecular formula is C18H28F2N2O2. The number of rotatable bonds is 7. The van der Waals surface area contributed by atoms with Crippen LogP contribution < -0.4 is 0 Å². The maximum Gasteiger partial charge on any atom is 0.130 e. The average Bonchev–Trinajstić information content (AvgIpc) is 2.48. The molecule has 1 N–H and O–H groups in total. The molecule has 1 heterocycles. The van der Waals surface area contributed by atoms with Crippen molar-refractivity contribution < 1.29 is 18.6 Å². The van der Waals surface area contributed by atoms with E-state index >= 15 is 0 Å². The van der Waals surface area contributed by atoms with Gasteiger partial charge in [0.2, 0.25) is 0 Å². The molecule has 1 aromatic carbocycles. The van der Waals surface area contributed by atoms with Crippen molar-refractivity contribution in [2.24, 2.45) is 0 Å². The predicted molar refractivity (Wildman–Crippen MR) is 89.8 cm³/mol. The average molecular weight is 342 g/mol. The zero-order valence-corrected chi connectivity index (χ0v) is 14.7. The number of morpholine rings is 1. The first-order valence-corrected chi connectivity index (χ1v) is 8.60. The Kier molecular flexibility index (Phi) is 7.10. The summed E-state index contributed by atoms with van der Waals surface area (Å²) >= 11 is 0. The van der Waals surface area contributed by atoms with E-state index in [4.69, 9.17) is 4.74 Å². The number of hydrogen-bond acceptors (Lipinski definition) is 4. The second-order valence-corrected chi connectivity index (χ2v) is 6.66. The fraction of sp³-hybridized carbons (Fsp3) is 0.667.